The lowest BCUT2D eigenvalue weighted by atomic mass is 10.00. The predicted molar refractivity (Wildman–Crippen MR) is 82.2 cm³/mol. The Morgan fingerprint density at radius 1 is 1.30 bits per heavy atom. The van der Waals surface area contributed by atoms with E-state index < -0.39 is 0 Å². The fraction of sp³-hybridized carbons (Fsp3) is 0.188. The van der Waals surface area contributed by atoms with Crippen molar-refractivity contribution in [2.24, 2.45) is 0 Å². The number of hydrogen-bond acceptors (Lipinski definition) is 3. The second kappa shape index (κ2) is 5.29. The van der Waals surface area contributed by atoms with Gasteiger partial charge in [0.1, 0.15) is 5.75 Å². The van der Waals surface area contributed by atoms with E-state index in [4.69, 9.17) is 10.5 Å². The van der Waals surface area contributed by atoms with Crippen LogP contribution < -0.4 is 10.5 Å². The number of ether oxygens (including phenoxy) is 1. The van der Waals surface area contributed by atoms with E-state index in [2.05, 4.69) is 22.0 Å². The number of rotatable bonds is 3. The summed E-state index contributed by atoms with van der Waals surface area (Å²) in [6.07, 6.45) is 1.22. The number of Topliss-reactive ketones (excluding diaryl/α,β-unsaturated/α-hetero) is 1. The van der Waals surface area contributed by atoms with Gasteiger partial charge in [-0.3, -0.25) is 4.79 Å². The molecule has 2 aromatic carbocycles. The van der Waals surface area contributed by atoms with Crippen molar-refractivity contribution in [2.75, 3.05) is 12.3 Å². The molecular weight excluding hydrogens is 318 g/mol. The van der Waals surface area contributed by atoms with Crippen molar-refractivity contribution in [3.05, 3.63) is 57.6 Å². The first kappa shape index (κ1) is 13.2. The molecule has 0 fully saturated rings. The molecule has 20 heavy (non-hydrogen) atoms. The number of fused-ring (bicyclic) bond motifs is 1. The Bertz CT molecular complexity index is 682. The molecule has 1 heterocycles. The van der Waals surface area contributed by atoms with Crippen LogP contribution in [0.3, 0.4) is 0 Å². The number of benzene rings is 2. The van der Waals surface area contributed by atoms with Crippen LogP contribution in [-0.2, 0) is 12.8 Å². The number of anilines is 1. The van der Waals surface area contributed by atoms with Crippen LogP contribution in [0, 0.1) is 0 Å². The monoisotopic (exact) mass is 331 g/mol. The first-order chi connectivity index (χ1) is 9.63. The Labute approximate surface area is 125 Å². The van der Waals surface area contributed by atoms with Crippen LogP contribution in [0.25, 0.3) is 0 Å². The highest BCUT2D eigenvalue weighted by Crippen LogP contribution is 2.33. The Morgan fingerprint density at radius 2 is 2.15 bits per heavy atom. The second-order valence-electron chi connectivity index (χ2n) is 4.88. The van der Waals surface area contributed by atoms with E-state index in [1.165, 1.54) is 0 Å². The van der Waals surface area contributed by atoms with Crippen LogP contribution in [0.15, 0.2) is 40.9 Å². The Hall–Kier alpha value is -1.81. The Balaban J connectivity index is 1.90. The van der Waals surface area contributed by atoms with Crippen LogP contribution in [-0.4, -0.2) is 12.4 Å². The number of nitrogens with two attached hydrogens (primary N) is 1. The van der Waals surface area contributed by atoms with Gasteiger partial charge in [0.05, 0.1) is 6.61 Å². The van der Waals surface area contributed by atoms with Gasteiger partial charge in [0, 0.05) is 34.1 Å². The number of carbonyl (C=O) groups excluding carboxylic acids is 1. The molecular formula is C16H14BrNO2. The van der Waals surface area contributed by atoms with Crippen LogP contribution in [0.1, 0.15) is 21.5 Å². The highest BCUT2D eigenvalue weighted by Gasteiger charge is 2.19. The lowest BCUT2D eigenvalue weighted by molar-refractivity contribution is 0.0992. The average Bonchev–Trinajstić information content (AvgIpc) is 2.86. The van der Waals surface area contributed by atoms with Crippen molar-refractivity contribution in [3.63, 3.8) is 0 Å². The highest BCUT2D eigenvalue weighted by molar-refractivity contribution is 9.10. The maximum absolute atomic E-state index is 12.4. The average molecular weight is 332 g/mol. The smallest absolute Gasteiger partial charge is 0.167 e. The summed E-state index contributed by atoms with van der Waals surface area (Å²) in [6.45, 7) is 0.686. The van der Waals surface area contributed by atoms with Crippen LogP contribution in [0.2, 0.25) is 0 Å². The highest BCUT2D eigenvalue weighted by atomic mass is 79.9. The summed E-state index contributed by atoms with van der Waals surface area (Å²) in [5, 5.41) is 0. The normalized spacial score (nSPS) is 12.8. The first-order valence-corrected chi connectivity index (χ1v) is 7.25. The van der Waals surface area contributed by atoms with Crippen molar-refractivity contribution in [1.82, 2.24) is 0 Å². The summed E-state index contributed by atoms with van der Waals surface area (Å²) in [5.74, 6) is 0.915. The molecule has 0 saturated heterocycles. The molecule has 102 valence electrons. The minimum Gasteiger partial charge on any atom is -0.493 e. The lowest BCUT2D eigenvalue weighted by Crippen LogP contribution is -2.05. The summed E-state index contributed by atoms with van der Waals surface area (Å²) in [6, 6.07) is 11.1. The molecule has 0 spiro atoms. The number of nitrogen functional groups attached to an aromatic ring is 1. The van der Waals surface area contributed by atoms with E-state index in [-0.39, 0.29) is 5.78 Å². The van der Waals surface area contributed by atoms with Crippen LogP contribution in [0.5, 0.6) is 5.75 Å². The van der Waals surface area contributed by atoms with E-state index in [0.29, 0.717) is 24.3 Å². The zero-order valence-electron chi connectivity index (χ0n) is 10.9. The fourth-order valence-corrected chi connectivity index (χ4v) is 3.02. The summed E-state index contributed by atoms with van der Waals surface area (Å²) in [5.41, 5.74) is 9.05. The van der Waals surface area contributed by atoms with Crippen molar-refractivity contribution in [1.29, 1.82) is 0 Å². The predicted octanol–water partition coefficient (Wildman–Crippen LogP) is 3.39. The molecule has 0 atom stereocenters. The zero-order valence-corrected chi connectivity index (χ0v) is 12.4. The van der Waals surface area contributed by atoms with Crippen molar-refractivity contribution >= 4 is 27.4 Å². The van der Waals surface area contributed by atoms with E-state index in [1.54, 1.807) is 24.3 Å². The number of halogens is 1. The van der Waals surface area contributed by atoms with E-state index >= 15 is 0 Å². The molecule has 0 radical (unpaired) electrons. The van der Waals surface area contributed by atoms with Gasteiger partial charge < -0.3 is 10.5 Å². The molecule has 2 aromatic rings. The molecule has 0 amide bonds. The van der Waals surface area contributed by atoms with E-state index in [0.717, 1.165) is 27.8 Å². The molecule has 0 unspecified atom stereocenters. The SMILES string of the molecule is Nc1cccc(C(=O)Cc2cc(Br)cc3c2OCC3)c1. The maximum Gasteiger partial charge on any atom is 0.167 e. The van der Waals surface area contributed by atoms with Gasteiger partial charge >= 0.3 is 0 Å². The molecule has 2 N–H and O–H groups in total. The fourth-order valence-electron chi connectivity index (χ4n) is 2.46. The molecule has 0 saturated carbocycles. The van der Waals surface area contributed by atoms with Crippen molar-refractivity contribution in [3.8, 4) is 5.75 Å². The quantitative estimate of drug-likeness (QED) is 0.692. The zero-order chi connectivity index (χ0) is 14.1. The Kier molecular flexibility index (Phi) is 3.49. The topological polar surface area (TPSA) is 52.3 Å². The van der Waals surface area contributed by atoms with E-state index in [9.17, 15) is 4.79 Å². The summed E-state index contributed by atoms with van der Waals surface area (Å²) < 4.78 is 6.63. The van der Waals surface area contributed by atoms with Gasteiger partial charge in [0.25, 0.3) is 0 Å². The third kappa shape index (κ3) is 2.56. The molecule has 4 heteroatoms. The number of ketones is 1. The molecule has 0 aromatic heterocycles. The van der Waals surface area contributed by atoms with Crippen molar-refractivity contribution in [2.45, 2.75) is 12.8 Å². The Morgan fingerprint density at radius 3 is 2.95 bits per heavy atom. The van der Waals surface area contributed by atoms with Gasteiger partial charge in [0.15, 0.2) is 5.78 Å². The van der Waals surface area contributed by atoms with Gasteiger partial charge in [-0.05, 0) is 29.8 Å². The third-order valence-corrected chi connectivity index (χ3v) is 3.84. The maximum atomic E-state index is 12.4. The number of carbonyl (C=O) groups is 1. The first-order valence-electron chi connectivity index (χ1n) is 6.46. The van der Waals surface area contributed by atoms with Gasteiger partial charge in [-0.15, -0.1) is 0 Å². The number of hydrogen-bond donors (Lipinski definition) is 1. The summed E-state index contributed by atoms with van der Waals surface area (Å²) in [4.78, 5) is 12.4. The summed E-state index contributed by atoms with van der Waals surface area (Å²) >= 11 is 3.49. The third-order valence-electron chi connectivity index (χ3n) is 3.38. The lowest BCUT2D eigenvalue weighted by Gasteiger charge is -2.09. The van der Waals surface area contributed by atoms with Gasteiger partial charge in [-0.1, -0.05) is 28.1 Å². The molecule has 0 aliphatic carbocycles. The molecule has 3 rings (SSSR count). The molecule has 0 bridgehead atoms. The molecule has 3 nitrogen and oxygen atoms in total. The minimum absolute atomic E-state index is 0.0492. The largest absolute Gasteiger partial charge is 0.493 e. The molecule has 1 aliphatic heterocycles. The summed E-state index contributed by atoms with van der Waals surface area (Å²) in [7, 11) is 0. The minimum atomic E-state index is 0.0492. The van der Waals surface area contributed by atoms with Gasteiger partial charge in [0.2, 0.25) is 0 Å². The standard InChI is InChI=1S/C16H14BrNO2/c17-13-6-11-4-5-20-16(11)12(7-13)9-15(19)10-2-1-3-14(18)8-10/h1-3,6-8H,4-5,9,18H2. The second-order valence-corrected chi connectivity index (χ2v) is 5.79. The van der Waals surface area contributed by atoms with E-state index in [1.807, 2.05) is 6.07 Å². The van der Waals surface area contributed by atoms with Crippen LogP contribution >= 0.6 is 15.9 Å². The van der Waals surface area contributed by atoms with Crippen LogP contribution in [0.4, 0.5) is 5.69 Å². The van der Waals surface area contributed by atoms with Crippen molar-refractivity contribution < 1.29 is 9.53 Å². The van der Waals surface area contributed by atoms with Gasteiger partial charge in [-0.2, -0.15) is 0 Å². The molecule has 1 aliphatic rings. The van der Waals surface area contributed by atoms with Gasteiger partial charge in [-0.25, -0.2) is 0 Å².